The first kappa shape index (κ1) is 15.5. The van der Waals surface area contributed by atoms with Crippen LogP contribution in [0.3, 0.4) is 0 Å². The van der Waals surface area contributed by atoms with Crippen LogP contribution in [-0.2, 0) is 23.6 Å². The number of hydrogen-bond donors (Lipinski definition) is 0. The van der Waals surface area contributed by atoms with Crippen molar-refractivity contribution < 1.29 is 16.5 Å². The van der Waals surface area contributed by atoms with Crippen molar-refractivity contribution >= 4 is 10.5 Å². The van der Waals surface area contributed by atoms with Crippen molar-refractivity contribution in [2.75, 3.05) is 7.05 Å². The van der Waals surface area contributed by atoms with Gasteiger partial charge >= 0.3 is 10.5 Å². The van der Waals surface area contributed by atoms with E-state index in [1.807, 2.05) is 25.2 Å². The molecule has 2 rings (SSSR count). The van der Waals surface area contributed by atoms with Gasteiger partial charge in [0.05, 0.1) is 0 Å². The van der Waals surface area contributed by atoms with Crippen LogP contribution < -0.4 is 4.18 Å². The zero-order valence-corrected chi connectivity index (χ0v) is 12.4. The van der Waals surface area contributed by atoms with Crippen molar-refractivity contribution in [1.82, 2.24) is 4.90 Å². The maximum absolute atomic E-state index is 12.4. The highest BCUT2D eigenvalue weighted by Gasteiger charge is 2.09. The Morgan fingerprint density at radius 1 is 0.952 bits per heavy atom. The van der Waals surface area contributed by atoms with Gasteiger partial charge in [-0.25, -0.2) is 0 Å². The lowest BCUT2D eigenvalue weighted by Crippen LogP contribution is -2.17. The van der Waals surface area contributed by atoms with Gasteiger partial charge in [0, 0.05) is 13.1 Å². The molecule has 0 aliphatic carbocycles. The van der Waals surface area contributed by atoms with Crippen LogP contribution in [0, 0.1) is 0 Å². The van der Waals surface area contributed by atoms with E-state index >= 15 is 0 Å². The van der Waals surface area contributed by atoms with Gasteiger partial charge in [-0.1, -0.05) is 46.4 Å². The average molecular weight is 309 g/mol. The maximum atomic E-state index is 12.4. The fraction of sp³-hybridized carbons (Fsp3) is 0.200. The Labute approximate surface area is 124 Å². The SMILES string of the molecule is CN(Cc1ccccc1)Cc1ccc(OS(=O)(=O)F)cc1. The number of rotatable bonds is 6. The van der Waals surface area contributed by atoms with Crippen LogP contribution in [-0.4, -0.2) is 20.4 Å². The smallest absolute Gasteiger partial charge is 0.358 e. The lowest BCUT2D eigenvalue weighted by molar-refractivity contribution is 0.319. The monoisotopic (exact) mass is 309 g/mol. The van der Waals surface area contributed by atoms with E-state index < -0.39 is 10.5 Å². The van der Waals surface area contributed by atoms with Gasteiger partial charge in [0.2, 0.25) is 0 Å². The molecule has 0 heterocycles. The summed E-state index contributed by atoms with van der Waals surface area (Å²) >= 11 is 0. The molecule has 112 valence electrons. The van der Waals surface area contributed by atoms with Gasteiger partial charge in [-0.2, -0.15) is 8.42 Å². The van der Waals surface area contributed by atoms with Crippen molar-refractivity contribution in [3.05, 3.63) is 65.7 Å². The summed E-state index contributed by atoms with van der Waals surface area (Å²) in [5.74, 6) is -0.0352. The lowest BCUT2D eigenvalue weighted by atomic mass is 10.2. The van der Waals surface area contributed by atoms with Gasteiger partial charge in [0.1, 0.15) is 5.75 Å². The maximum Gasteiger partial charge on any atom is 0.488 e. The molecule has 0 radical (unpaired) electrons. The molecule has 2 aromatic rings. The number of nitrogens with zero attached hydrogens (tertiary/aromatic N) is 1. The van der Waals surface area contributed by atoms with E-state index in [-0.39, 0.29) is 5.75 Å². The highest BCUT2D eigenvalue weighted by molar-refractivity contribution is 7.81. The van der Waals surface area contributed by atoms with Gasteiger partial charge in [-0.15, -0.1) is 0 Å². The Bertz CT molecular complexity index is 672. The largest absolute Gasteiger partial charge is 0.488 e. The first-order chi connectivity index (χ1) is 9.92. The molecule has 0 saturated carbocycles. The second kappa shape index (κ2) is 6.69. The predicted molar refractivity (Wildman–Crippen MR) is 78.7 cm³/mol. The van der Waals surface area contributed by atoms with E-state index in [4.69, 9.17) is 0 Å². The second-order valence-corrected chi connectivity index (χ2v) is 5.73. The Morgan fingerprint density at radius 3 is 2.00 bits per heavy atom. The van der Waals surface area contributed by atoms with E-state index in [0.29, 0.717) is 6.54 Å². The summed E-state index contributed by atoms with van der Waals surface area (Å²) in [4.78, 5) is 2.12. The molecule has 0 atom stereocenters. The Balaban J connectivity index is 1.94. The van der Waals surface area contributed by atoms with Crippen LogP contribution in [0.15, 0.2) is 54.6 Å². The highest BCUT2D eigenvalue weighted by Crippen LogP contribution is 2.16. The topological polar surface area (TPSA) is 46.6 Å². The molecule has 2 aromatic carbocycles. The van der Waals surface area contributed by atoms with Gasteiger partial charge in [-0.3, -0.25) is 4.90 Å². The molecule has 0 spiro atoms. The van der Waals surface area contributed by atoms with Crippen LogP contribution >= 0.6 is 0 Å². The summed E-state index contributed by atoms with van der Waals surface area (Å²) < 4.78 is 37.3. The quantitative estimate of drug-likeness (QED) is 0.770. The van der Waals surface area contributed by atoms with Crippen LogP contribution in [0.25, 0.3) is 0 Å². The summed E-state index contributed by atoms with van der Waals surface area (Å²) in [5.41, 5.74) is 2.19. The van der Waals surface area contributed by atoms with E-state index in [2.05, 4.69) is 21.2 Å². The van der Waals surface area contributed by atoms with Crippen LogP contribution in [0.2, 0.25) is 0 Å². The first-order valence-electron chi connectivity index (χ1n) is 6.38. The molecule has 0 unspecified atom stereocenters. The summed E-state index contributed by atoms with van der Waals surface area (Å²) in [7, 11) is -2.97. The van der Waals surface area contributed by atoms with Gasteiger partial charge in [0.25, 0.3) is 0 Å². The molecule has 0 saturated heterocycles. The lowest BCUT2D eigenvalue weighted by Gasteiger charge is -2.16. The third-order valence-corrected chi connectivity index (χ3v) is 3.26. The van der Waals surface area contributed by atoms with Crippen molar-refractivity contribution in [3.63, 3.8) is 0 Å². The molecule has 0 aliphatic rings. The summed E-state index contributed by atoms with van der Waals surface area (Å²) in [6.45, 7) is 1.50. The average Bonchev–Trinajstić information content (AvgIpc) is 2.40. The molecular formula is C15H16FNO3S. The van der Waals surface area contributed by atoms with Crippen molar-refractivity contribution in [3.8, 4) is 5.75 Å². The zero-order valence-electron chi connectivity index (χ0n) is 11.6. The number of benzene rings is 2. The molecule has 6 heteroatoms. The van der Waals surface area contributed by atoms with Gasteiger partial charge in [-0.05, 0) is 30.3 Å². The van der Waals surface area contributed by atoms with E-state index in [9.17, 15) is 12.3 Å². The molecule has 0 bridgehead atoms. The number of hydrogen-bond acceptors (Lipinski definition) is 4. The standard InChI is InChI=1S/C15H16FNO3S/c1-17(11-13-5-3-2-4-6-13)12-14-7-9-15(10-8-14)20-21(16,18)19/h2-10H,11-12H2,1H3. The molecule has 0 aliphatic heterocycles. The normalized spacial score (nSPS) is 11.6. The third-order valence-electron chi connectivity index (χ3n) is 2.87. The Hall–Kier alpha value is -1.92. The van der Waals surface area contributed by atoms with Crippen molar-refractivity contribution in [2.45, 2.75) is 13.1 Å². The second-order valence-electron chi connectivity index (χ2n) is 4.78. The van der Waals surface area contributed by atoms with Crippen molar-refractivity contribution in [2.24, 2.45) is 0 Å². The van der Waals surface area contributed by atoms with Crippen LogP contribution in [0.1, 0.15) is 11.1 Å². The zero-order chi connectivity index (χ0) is 15.3. The van der Waals surface area contributed by atoms with E-state index in [0.717, 1.165) is 12.1 Å². The molecule has 0 aromatic heterocycles. The van der Waals surface area contributed by atoms with Gasteiger partial charge in [0.15, 0.2) is 0 Å². The van der Waals surface area contributed by atoms with Crippen LogP contribution in [0.5, 0.6) is 5.75 Å². The van der Waals surface area contributed by atoms with Crippen molar-refractivity contribution in [1.29, 1.82) is 0 Å². The molecule has 0 amide bonds. The molecule has 21 heavy (non-hydrogen) atoms. The Morgan fingerprint density at radius 2 is 1.48 bits per heavy atom. The minimum absolute atomic E-state index is 0.0352. The number of halogens is 1. The van der Waals surface area contributed by atoms with Crippen LogP contribution in [0.4, 0.5) is 3.89 Å². The summed E-state index contributed by atoms with van der Waals surface area (Å²) in [5, 5.41) is 0. The molecular weight excluding hydrogens is 293 g/mol. The minimum Gasteiger partial charge on any atom is -0.358 e. The first-order valence-corrected chi connectivity index (χ1v) is 7.69. The van der Waals surface area contributed by atoms with E-state index in [1.165, 1.54) is 17.7 Å². The fourth-order valence-corrected chi connectivity index (χ4v) is 2.37. The Kier molecular flexibility index (Phi) is 4.93. The molecule has 4 nitrogen and oxygen atoms in total. The fourth-order valence-electron chi connectivity index (χ4n) is 2.03. The highest BCUT2D eigenvalue weighted by atomic mass is 32.3. The molecule has 0 fully saturated rings. The predicted octanol–water partition coefficient (Wildman–Crippen LogP) is 2.91. The minimum atomic E-state index is -4.96. The molecule has 0 N–H and O–H groups in total. The summed E-state index contributed by atoms with van der Waals surface area (Å²) in [6, 6.07) is 16.4. The van der Waals surface area contributed by atoms with Gasteiger partial charge < -0.3 is 4.18 Å². The van der Waals surface area contributed by atoms with E-state index in [1.54, 1.807) is 12.1 Å². The third kappa shape index (κ3) is 5.53. The summed E-state index contributed by atoms with van der Waals surface area (Å²) in [6.07, 6.45) is 0.